The van der Waals surface area contributed by atoms with Crippen LogP contribution in [0.1, 0.15) is 29.7 Å². The molecular weight excluding hydrogens is 461 g/mol. The van der Waals surface area contributed by atoms with Crippen molar-refractivity contribution in [2.45, 2.75) is 30.8 Å². The summed E-state index contributed by atoms with van der Waals surface area (Å²) in [6, 6.07) is 23.3. The minimum absolute atomic E-state index is 0.252. The summed E-state index contributed by atoms with van der Waals surface area (Å²) in [6.07, 6.45) is 0. The summed E-state index contributed by atoms with van der Waals surface area (Å²) in [5.74, 6) is 0.670. The number of nitrogens with zero attached hydrogens (tertiary/aromatic N) is 3. The third-order valence-electron chi connectivity index (χ3n) is 5.87. The fourth-order valence-electron chi connectivity index (χ4n) is 4.06. The van der Waals surface area contributed by atoms with Crippen molar-refractivity contribution in [2.24, 2.45) is 0 Å². The zero-order valence-electron chi connectivity index (χ0n) is 19.3. The van der Waals surface area contributed by atoms with Crippen molar-refractivity contribution in [1.29, 1.82) is 0 Å². The molecule has 0 aliphatic carbocycles. The molecule has 0 radical (unpaired) electrons. The monoisotopic (exact) mass is 485 g/mol. The predicted molar refractivity (Wildman–Crippen MR) is 137 cm³/mol. The lowest BCUT2D eigenvalue weighted by Crippen LogP contribution is -2.31. The zero-order valence-corrected chi connectivity index (χ0v) is 20.1. The number of nitrogens with one attached hydrogen (secondary N) is 2. The van der Waals surface area contributed by atoms with Gasteiger partial charge in [0, 0.05) is 17.1 Å². The van der Waals surface area contributed by atoms with Crippen LogP contribution in [0.2, 0.25) is 0 Å². The number of thioether (sulfide) groups is 1. The number of benzene rings is 3. The van der Waals surface area contributed by atoms with Gasteiger partial charge in [-0.1, -0.05) is 72.4 Å². The number of para-hydroxylation sites is 1. The molecule has 0 saturated heterocycles. The highest BCUT2D eigenvalue weighted by atomic mass is 32.2. The van der Waals surface area contributed by atoms with Crippen molar-refractivity contribution in [2.75, 3.05) is 10.6 Å². The maximum absolute atomic E-state index is 13.7. The molecule has 35 heavy (non-hydrogen) atoms. The van der Waals surface area contributed by atoms with E-state index in [1.807, 2.05) is 56.3 Å². The molecule has 8 heteroatoms. The van der Waals surface area contributed by atoms with Crippen molar-refractivity contribution >= 4 is 29.3 Å². The van der Waals surface area contributed by atoms with Crippen molar-refractivity contribution in [3.05, 3.63) is 113 Å². The normalized spacial score (nSPS) is 14.9. The number of rotatable bonds is 6. The molecule has 0 spiro atoms. The molecule has 1 aromatic heterocycles. The van der Waals surface area contributed by atoms with E-state index in [1.54, 1.807) is 16.8 Å². The smallest absolute Gasteiger partial charge is 0.255 e. The number of hydrogen-bond acceptors (Lipinski definition) is 5. The Morgan fingerprint density at radius 1 is 1.03 bits per heavy atom. The number of anilines is 2. The summed E-state index contributed by atoms with van der Waals surface area (Å²) in [4.78, 5) is 18.2. The summed E-state index contributed by atoms with van der Waals surface area (Å²) in [5, 5.41) is 11.6. The molecule has 0 unspecified atom stereocenters. The van der Waals surface area contributed by atoms with Gasteiger partial charge in [0.15, 0.2) is 0 Å². The van der Waals surface area contributed by atoms with Gasteiger partial charge in [0.05, 0.1) is 5.57 Å². The van der Waals surface area contributed by atoms with Crippen LogP contribution < -0.4 is 10.6 Å². The lowest BCUT2D eigenvalue weighted by atomic mass is 9.95. The first-order chi connectivity index (χ1) is 17.0. The van der Waals surface area contributed by atoms with Crippen molar-refractivity contribution in [3.63, 3.8) is 0 Å². The molecule has 0 saturated carbocycles. The van der Waals surface area contributed by atoms with Crippen LogP contribution in [0.4, 0.5) is 16.0 Å². The highest BCUT2D eigenvalue weighted by Crippen LogP contribution is 2.37. The summed E-state index contributed by atoms with van der Waals surface area (Å²) in [5.41, 5.74) is 4.78. The topological polar surface area (TPSA) is 71.8 Å². The molecule has 0 fully saturated rings. The molecule has 2 heterocycles. The molecule has 4 aromatic rings. The molecule has 5 rings (SSSR count). The Bertz CT molecular complexity index is 1400. The van der Waals surface area contributed by atoms with E-state index in [9.17, 15) is 9.18 Å². The molecule has 1 aliphatic heterocycles. The van der Waals surface area contributed by atoms with Crippen LogP contribution in [0, 0.1) is 12.7 Å². The molecule has 176 valence electrons. The first-order valence-electron chi connectivity index (χ1n) is 11.2. The maximum Gasteiger partial charge on any atom is 0.255 e. The van der Waals surface area contributed by atoms with Gasteiger partial charge in [-0.05, 0) is 48.7 Å². The van der Waals surface area contributed by atoms with Gasteiger partial charge in [-0.2, -0.15) is 4.98 Å². The Kier molecular flexibility index (Phi) is 6.37. The molecule has 6 nitrogen and oxygen atoms in total. The van der Waals surface area contributed by atoms with Crippen molar-refractivity contribution in [3.8, 4) is 0 Å². The summed E-state index contributed by atoms with van der Waals surface area (Å²) < 4.78 is 15.4. The van der Waals surface area contributed by atoms with Crippen LogP contribution in [0.3, 0.4) is 0 Å². The van der Waals surface area contributed by atoms with Gasteiger partial charge in [0.25, 0.3) is 5.91 Å². The zero-order chi connectivity index (χ0) is 24.4. The van der Waals surface area contributed by atoms with E-state index >= 15 is 0 Å². The lowest BCUT2D eigenvalue weighted by Gasteiger charge is -2.28. The van der Waals surface area contributed by atoms with Gasteiger partial charge in [0.1, 0.15) is 11.9 Å². The minimum atomic E-state index is -0.561. The second kappa shape index (κ2) is 9.76. The van der Waals surface area contributed by atoms with E-state index in [2.05, 4.69) is 27.8 Å². The first-order valence-corrected chi connectivity index (χ1v) is 12.2. The quantitative estimate of drug-likeness (QED) is 0.331. The Morgan fingerprint density at radius 3 is 2.49 bits per heavy atom. The molecule has 2 N–H and O–H groups in total. The number of hydrogen-bond donors (Lipinski definition) is 2. The Hall–Kier alpha value is -3.91. The highest BCUT2D eigenvalue weighted by Gasteiger charge is 2.34. The molecule has 3 aromatic carbocycles. The van der Waals surface area contributed by atoms with Crippen LogP contribution in [0.5, 0.6) is 0 Å². The van der Waals surface area contributed by atoms with E-state index in [4.69, 9.17) is 5.10 Å². The number of amides is 1. The predicted octanol–water partition coefficient (Wildman–Crippen LogP) is 5.95. The van der Waals surface area contributed by atoms with Crippen LogP contribution in [0.25, 0.3) is 0 Å². The van der Waals surface area contributed by atoms with Gasteiger partial charge in [0.2, 0.25) is 11.1 Å². The molecule has 0 bridgehead atoms. The Morgan fingerprint density at radius 2 is 1.74 bits per heavy atom. The van der Waals surface area contributed by atoms with Gasteiger partial charge < -0.3 is 10.6 Å². The second-order valence-corrected chi connectivity index (χ2v) is 9.27. The number of carbonyl (C=O) groups excluding carboxylic acids is 1. The average molecular weight is 486 g/mol. The van der Waals surface area contributed by atoms with Gasteiger partial charge in [-0.3, -0.25) is 4.79 Å². The van der Waals surface area contributed by atoms with E-state index in [0.717, 1.165) is 22.6 Å². The minimum Gasteiger partial charge on any atom is -0.328 e. The fourth-order valence-corrected chi connectivity index (χ4v) is 4.85. The third-order valence-corrected chi connectivity index (χ3v) is 6.78. The van der Waals surface area contributed by atoms with Crippen LogP contribution in [0.15, 0.2) is 95.3 Å². The number of fused-ring (bicyclic) bond motifs is 1. The standard InChI is InChI=1S/C27H24FN5OS/c1-17-8-6-7-11-22(17)30-25(34)23-18(2)29-26-31-27(35-16-19-9-4-3-5-10-19)32-33(26)24(23)20-12-14-21(28)15-13-20/h3-15,24H,16H2,1-2H3,(H,30,34)(H,29,31,32)/t24-/m1/s1. The van der Waals surface area contributed by atoms with Crippen molar-refractivity contribution < 1.29 is 9.18 Å². The number of carbonyl (C=O) groups is 1. The lowest BCUT2D eigenvalue weighted by molar-refractivity contribution is -0.113. The van der Waals surface area contributed by atoms with Crippen LogP contribution in [-0.2, 0) is 10.5 Å². The number of halogens is 1. The molecule has 1 aliphatic rings. The highest BCUT2D eigenvalue weighted by molar-refractivity contribution is 7.98. The van der Waals surface area contributed by atoms with Crippen LogP contribution in [-0.4, -0.2) is 20.7 Å². The van der Waals surface area contributed by atoms with Gasteiger partial charge >= 0.3 is 0 Å². The summed E-state index contributed by atoms with van der Waals surface area (Å²) >= 11 is 1.52. The fraction of sp³-hybridized carbons (Fsp3) is 0.148. The van der Waals surface area contributed by atoms with Crippen molar-refractivity contribution in [1.82, 2.24) is 14.8 Å². The third kappa shape index (κ3) is 4.83. The number of allylic oxidation sites excluding steroid dienone is 1. The average Bonchev–Trinajstić information content (AvgIpc) is 3.27. The van der Waals surface area contributed by atoms with Crippen LogP contribution >= 0.6 is 11.8 Å². The molecule has 1 amide bonds. The molecular formula is C27H24FN5OS. The largest absolute Gasteiger partial charge is 0.328 e. The van der Waals surface area contributed by atoms with Gasteiger partial charge in [-0.25, -0.2) is 9.07 Å². The molecule has 1 atom stereocenters. The van der Waals surface area contributed by atoms with E-state index in [1.165, 1.54) is 29.5 Å². The SMILES string of the molecule is CC1=C(C(=O)Nc2ccccc2C)[C@@H](c2ccc(F)cc2)n2nc(SCc3ccccc3)nc2N1. The Balaban J connectivity index is 1.50. The van der Waals surface area contributed by atoms with E-state index < -0.39 is 6.04 Å². The number of aryl methyl sites for hydroxylation is 1. The van der Waals surface area contributed by atoms with E-state index in [-0.39, 0.29) is 11.7 Å². The van der Waals surface area contributed by atoms with E-state index in [0.29, 0.717) is 22.4 Å². The first kappa shape index (κ1) is 22.9. The summed E-state index contributed by atoms with van der Waals surface area (Å²) in [6.45, 7) is 3.79. The summed E-state index contributed by atoms with van der Waals surface area (Å²) in [7, 11) is 0. The second-order valence-electron chi connectivity index (χ2n) is 8.32. The van der Waals surface area contributed by atoms with Gasteiger partial charge in [-0.15, -0.1) is 5.10 Å². The maximum atomic E-state index is 13.7. The Labute approximate surface area is 207 Å². The number of aromatic nitrogens is 3.